The van der Waals surface area contributed by atoms with Gasteiger partial charge in [-0.05, 0) is 45.5 Å². The van der Waals surface area contributed by atoms with Crippen molar-refractivity contribution in [3.63, 3.8) is 0 Å². The Bertz CT molecular complexity index is 616. The number of ether oxygens (including phenoxy) is 1. The van der Waals surface area contributed by atoms with Crippen LogP contribution < -0.4 is 10.1 Å². The molecule has 130 valence electrons. The maximum absolute atomic E-state index is 12.8. The number of nitrogens with one attached hydrogen (secondary N) is 1. The number of amides is 2. The fourth-order valence-corrected chi connectivity index (χ4v) is 2.15. The average molecular weight is 332 g/mol. The Morgan fingerprint density at radius 1 is 1.38 bits per heavy atom. The number of likely N-dealkylation sites (N-methyl/N-ethyl adjacent to an activating group) is 1. The second-order valence-electron chi connectivity index (χ2n) is 5.62. The summed E-state index contributed by atoms with van der Waals surface area (Å²) in [6, 6.07) is 7.15. The van der Waals surface area contributed by atoms with Crippen molar-refractivity contribution < 1.29 is 19.4 Å². The van der Waals surface area contributed by atoms with Crippen molar-refractivity contribution in [2.24, 2.45) is 0 Å². The number of nitrogens with zero attached hydrogens (tertiary/aromatic N) is 1. The first-order valence-corrected chi connectivity index (χ1v) is 7.68. The quantitative estimate of drug-likeness (QED) is 0.573. The summed E-state index contributed by atoms with van der Waals surface area (Å²) in [5.74, 6) is 5.27. The molecule has 2 amide bonds. The highest BCUT2D eigenvalue weighted by Gasteiger charge is 2.36. The third-order valence-electron chi connectivity index (χ3n) is 3.57. The van der Waals surface area contributed by atoms with E-state index >= 15 is 0 Å². The standard InChI is InChI=1S/C18H24N2O4/c1-14(2)24-16-9-7-15(8-10-16)18(3,19-4)17(23)20(13-22)11-5-6-12-21/h7-10,13-14,19,21H,11-12H2,1-4H3. The van der Waals surface area contributed by atoms with Gasteiger partial charge in [-0.1, -0.05) is 24.0 Å². The fraction of sp³-hybridized carbons (Fsp3) is 0.444. The van der Waals surface area contributed by atoms with Gasteiger partial charge in [0.05, 0.1) is 12.6 Å². The Morgan fingerprint density at radius 3 is 2.46 bits per heavy atom. The molecular formula is C18H24N2O4. The molecule has 0 radical (unpaired) electrons. The molecule has 1 aromatic carbocycles. The zero-order valence-electron chi connectivity index (χ0n) is 14.5. The van der Waals surface area contributed by atoms with Gasteiger partial charge in [-0.25, -0.2) is 0 Å². The Hall–Kier alpha value is -2.36. The maximum atomic E-state index is 12.8. The first-order chi connectivity index (χ1) is 11.4. The van der Waals surface area contributed by atoms with Crippen LogP contribution in [0.4, 0.5) is 0 Å². The number of rotatable bonds is 7. The molecule has 6 nitrogen and oxygen atoms in total. The summed E-state index contributed by atoms with van der Waals surface area (Å²) in [6.45, 7) is 5.18. The van der Waals surface area contributed by atoms with Gasteiger partial charge in [0.2, 0.25) is 6.41 Å². The van der Waals surface area contributed by atoms with Crippen LogP contribution in [-0.4, -0.2) is 48.6 Å². The van der Waals surface area contributed by atoms with Gasteiger partial charge in [-0.3, -0.25) is 14.5 Å². The molecular weight excluding hydrogens is 308 g/mol. The van der Waals surface area contributed by atoms with Gasteiger partial charge >= 0.3 is 0 Å². The molecule has 0 saturated carbocycles. The van der Waals surface area contributed by atoms with Gasteiger partial charge in [0.1, 0.15) is 17.9 Å². The summed E-state index contributed by atoms with van der Waals surface area (Å²) in [5, 5.41) is 11.6. The molecule has 24 heavy (non-hydrogen) atoms. The zero-order valence-corrected chi connectivity index (χ0v) is 14.5. The largest absolute Gasteiger partial charge is 0.491 e. The predicted molar refractivity (Wildman–Crippen MR) is 91.3 cm³/mol. The number of aliphatic hydroxyl groups is 1. The third-order valence-corrected chi connectivity index (χ3v) is 3.57. The monoisotopic (exact) mass is 332 g/mol. The van der Waals surface area contributed by atoms with Gasteiger partial charge in [0.15, 0.2) is 0 Å². The smallest absolute Gasteiger partial charge is 0.254 e. The third kappa shape index (κ3) is 4.82. The van der Waals surface area contributed by atoms with Gasteiger partial charge in [-0.15, -0.1) is 0 Å². The molecule has 0 saturated heterocycles. The van der Waals surface area contributed by atoms with Crippen LogP contribution in [0, 0.1) is 11.8 Å². The van der Waals surface area contributed by atoms with Crippen molar-refractivity contribution in [2.45, 2.75) is 32.4 Å². The van der Waals surface area contributed by atoms with E-state index in [-0.39, 0.29) is 19.3 Å². The lowest BCUT2D eigenvalue weighted by Gasteiger charge is -2.31. The minimum Gasteiger partial charge on any atom is -0.491 e. The summed E-state index contributed by atoms with van der Waals surface area (Å²) in [4.78, 5) is 25.0. The van der Waals surface area contributed by atoms with E-state index in [0.29, 0.717) is 17.7 Å². The van der Waals surface area contributed by atoms with Crippen molar-refractivity contribution in [1.29, 1.82) is 0 Å². The van der Waals surface area contributed by atoms with E-state index in [2.05, 4.69) is 17.2 Å². The summed E-state index contributed by atoms with van der Waals surface area (Å²) in [5.41, 5.74) is -0.383. The molecule has 0 spiro atoms. The van der Waals surface area contributed by atoms with Crippen molar-refractivity contribution in [1.82, 2.24) is 10.2 Å². The number of aliphatic hydroxyl groups excluding tert-OH is 1. The molecule has 0 bridgehead atoms. The highest BCUT2D eigenvalue weighted by molar-refractivity contribution is 5.94. The van der Waals surface area contributed by atoms with E-state index in [1.807, 2.05) is 13.8 Å². The fourth-order valence-electron chi connectivity index (χ4n) is 2.15. The van der Waals surface area contributed by atoms with Crippen molar-refractivity contribution in [3.8, 4) is 17.6 Å². The molecule has 0 fully saturated rings. The van der Waals surface area contributed by atoms with E-state index in [4.69, 9.17) is 9.84 Å². The van der Waals surface area contributed by atoms with E-state index in [1.54, 1.807) is 38.2 Å². The summed E-state index contributed by atoms with van der Waals surface area (Å²) in [7, 11) is 1.65. The molecule has 1 aromatic rings. The zero-order chi connectivity index (χ0) is 18.2. The van der Waals surface area contributed by atoms with E-state index in [9.17, 15) is 9.59 Å². The lowest BCUT2D eigenvalue weighted by atomic mass is 9.90. The van der Waals surface area contributed by atoms with Crippen LogP contribution in [0.3, 0.4) is 0 Å². The Labute approximate surface area is 142 Å². The van der Waals surface area contributed by atoms with Crippen LogP contribution in [0.5, 0.6) is 5.75 Å². The molecule has 1 unspecified atom stereocenters. The second-order valence-corrected chi connectivity index (χ2v) is 5.62. The van der Waals surface area contributed by atoms with Gasteiger partial charge in [-0.2, -0.15) is 0 Å². The molecule has 0 aliphatic carbocycles. The van der Waals surface area contributed by atoms with Gasteiger partial charge < -0.3 is 15.2 Å². The number of carbonyl (C=O) groups is 2. The number of hydrogen-bond donors (Lipinski definition) is 2. The normalized spacial score (nSPS) is 12.8. The summed E-state index contributed by atoms with van der Waals surface area (Å²) >= 11 is 0. The lowest BCUT2D eigenvalue weighted by molar-refractivity contribution is -0.142. The minimum atomic E-state index is -1.09. The van der Waals surface area contributed by atoms with Crippen LogP contribution >= 0.6 is 0 Å². The van der Waals surface area contributed by atoms with Crippen molar-refractivity contribution in [3.05, 3.63) is 29.8 Å². The van der Waals surface area contributed by atoms with Crippen LogP contribution in [0.1, 0.15) is 26.3 Å². The Kier molecular flexibility index (Phi) is 7.43. The van der Waals surface area contributed by atoms with Crippen LogP contribution in [0.25, 0.3) is 0 Å². The van der Waals surface area contributed by atoms with Crippen molar-refractivity contribution in [2.75, 3.05) is 20.2 Å². The molecule has 6 heteroatoms. The summed E-state index contributed by atoms with van der Waals surface area (Å²) < 4.78 is 5.60. The predicted octanol–water partition coefficient (Wildman–Crippen LogP) is 0.889. The average Bonchev–Trinajstić information content (AvgIpc) is 2.57. The number of hydrogen-bond acceptors (Lipinski definition) is 5. The lowest BCUT2D eigenvalue weighted by Crippen LogP contribution is -2.52. The van der Waals surface area contributed by atoms with Gasteiger partial charge in [0, 0.05) is 0 Å². The van der Waals surface area contributed by atoms with E-state index in [0.717, 1.165) is 4.90 Å². The molecule has 0 heterocycles. The highest BCUT2D eigenvalue weighted by Crippen LogP contribution is 2.25. The van der Waals surface area contributed by atoms with Gasteiger partial charge in [0.25, 0.3) is 5.91 Å². The van der Waals surface area contributed by atoms with Crippen LogP contribution in [0.15, 0.2) is 24.3 Å². The molecule has 0 aliphatic rings. The Balaban J connectivity index is 3.05. The molecule has 0 aliphatic heterocycles. The number of imide groups is 1. The Morgan fingerprint density at radius 2 is 2.00 bits per heavy atom. The first kappa shape index (κ1) is 19.7. The van der Waals surface area contributed by atoms with E-state index in [1.165, 1.54) is 0 Å². The molecule has 1 rings (SSSR count). The minimum absolute atomic E-state index is 0.0591. The summed E-state index contributed by atoms with van der Waals surface area (Å²) in [6.07, 6.45) is 0.504. The highest BCUT2D eigenvalue weighted by atomic mass is 16.5. The number of benzene rings is 1. The number of carbonyl (C=O) groups excluding carboxylic acids is 2. The molecule has 0 aromatic heterocycles. The topological polar surface area (TPSA) is 78.9 Å². The van der Waals surface area contributed by atoms with E-state index < -0.39 is 11.4 Å². The maximum Gasteiger partial charge on any atom is 0.254 e. The van der Waals surface area contributed by atoms with Crippen LogP contribution in [0.2, 0.25) is 0 Å². The van der Waals surface area contributed by atoms with Crippen LogP contribution in [-0.2, 0) is 15.1 Å². The van der Waals surface area contributed by atoms with Crippen molar-refractivity contribution >= 4 is 12.3 Å². The second kappa shape index (κ2) is 9.06. The molecule has 2 N–H and O–H groups in total. The first-order valence-electron chi connectivity index (χ1n) is 7.68. The molecule has 1 atom stereocenters. The SMILES string of the molecule is CNC(C)(C(=O)N(C=O)CC#CCO)c1ccc(OC(C)C)cc1.